The predicted molar refractivity (Wildman–Crippen MR) is 120 cm³/mol. The molecule has 0 unspecified atom stereocenters. The summed E-state index contributed by atoms with van der Waals surface area (Å²) < 4.78 is 40.4. The second-order valence-electron chi connectivity index (χ2n) is 7.71. The van der Waals surface area contributed by atoms with E-state index in [0.29, 0.717) is 25.1 Å². The van der Waals surface area contributed by atoms with Gasteiger partial charge in [-0.25, -0.2) is 0 Å². The fraction of sp³-hybridized carbons (Fsp3) is 0.261. The van der Waals surface area contributed by atoms with Crippen molar-refractivity contribution in [2.45, 2.75) is 31.0 Å². The fourth-order valence-electron chi connectivity index (χ4n) is 4.15. The number of thiocarbonyl (C=S) groups is 1. The lowest BCUT2D eigenvalue weighted by Crippen LogP contribution is -2.55. The van der Waals surface area contributed by atoms with E-state index in [9.17, 15) is 18.0 Å². The van der Waals surface area contributed by atoms with E-state index in [1.807, 2.05) is 36.4 Å². The monoisotopic (exact) mass is 456 g/mol. The first kappa shape index (κ1) is 22.0. The Morgan fingerprint density at radius 2 is 1.81 bits per heavy atom. The molecule has 1 saturated carbocycles. The van der Waals surface area contributed by atoms with Crippen molar-refractivity contribution in [1.82, 2.24) is 0 Å². The van der Waals surface area contributed by atoms with E-state index in [4.69, 9.17) is 23.2 Å². The molecule has 5 nitrogen and oxygen atoms in total. The van der Waals surface area contributed by atoms with Crippen molar-refractivity contribution in [1.29, 1.82) is 5.26 Å². The minimum Gasteiger partial charge on any atom is -0.327 e. The van der Waals surface area contributed by atoms with Gasteiger partial charge in [0, 0.05) is 12.2 Å². The normalized spacial score (nSPS) is 17.8. The van der Waals surface area contributed by atoms with Crippen LogP contribution in [0.4, 0.5) is 24.5 Å². The second kappa shape index (κ2) is 8.04. The highest BCUT2D eigenvalue weighted by atomic mass is 32.1. The summed E-state index contributed by atoms with van der Waals surface area (Å²) in [5, 5.41) is 9.19. The summed E-state index contributed by atoms with van der Waals surface area (Å²) in [5.41, 5.74) is 4.61. The topological polar surface area (TPSA) is 73.4 Å². The zero-order chi connectivity index (χ0) is 23.1. The molecule has 0 radical (unpaired) electrons. The van der Waals surface area contributed by atoms with Gasteiger partial charge in [0.15, 0.2) is 5.11 Å². The average Bonchev–Trinajstić information content (AvgIpc) is 2.98. The van der Waals surface area contributed by atoms with Crippen LogP contribution in [0, 0.1) is 11.3 Å². The lowest BCUT2D eigenvalue weighted by Gasteiger charge is -2.43. The van der Waals surface area contributed by atoms with Crippen molar-refractivity contribution in [2.75, 3.05) is 16.3 Å². The van der Waals surface area contributed by atoms with Crippen LogP contribution in [-0.2, 0) is 11.0 Å². The van der Waals surface area contributed by atoms with Gasteiger partial charge in [0.1, 0.15) is 5.54 Å². The standard InChI is InChI=1S/C23H19F3N4OS/c24-23(25,26)19-13-18(9-6-16(19)14-28)29-20(31)22(10-2-11-22)30(21(29)32)17-7-4-15(5-8-17)3-1-12-27/h1,3-9,13H,2,10-12,27H2/b3-1+. The highest BCUT2D eigenvalue weighted by Crippen LogP contribution is 2.48. The molecule has 4 rings (SSSR count). The first-order chi connectivity index (χ1) is 15.2. The Balaban J connectivity index is 1.76. The van der Waals surface area contributed by atoms with Crippen LogP contribution in [0.5, 0.6) is 0 Å². The average molecular weight is 456 g/mol. The van der Waals surface area contributed by atoms with Gasteiger partial charge in [0.25, 0.3) is 5.91 Å². The van der Waals surface area contributed by atoms with Crippen LogP contribution in [-0.4, -0.2) is 23.1 Å². The number of nitriles is 1. The van der Waals surface area contributed by atoms with E-state index in [1.54, 1.807) is 11.0 Å². The molecular formula is C23H19F3N4OS. The number of carbonyl (C=O) groups is 1. The predicted octanol–water partition coefficient (Wildman–Crippen LogP) is 4.61. The molecule has 1 aliphatic heterocycles. The number of nitrogens with zero attached hydrogens (tertiary/aromatic N) is 3. The second-order valence-corrected chi connectivity index (χ2v) is 8.08. The molecule has 2 aromatic rings. The van der Waals surface area contributed by atoms with Crippen LogP contribution in [0.1, 0.15) is 36.0 Å². The Labute approximate surface area is 188 Å². The van der Waals surface area contributed by atoms with Crippen LogP contribution in [0.2, 0.25) is 0 Å². The van der Waals surface area contributed by atoms with Gasteiger partial charge in [0.05, 0.1) is 22.9 Å². The number of rotatable bonds is 4. The molecule has 2 fully saturated rings. The van der Waals surface area contributed by atoms with E-state index in [2.05, 4.69) is 0 Å². The molecule has 1 heterocycles. The molecule has 0 aromatic heterocycles. The summed E-state index contributed by atoms with van der Waals surface area (Å²) in [5.74, 6) is -0.348. The number of alkyl halides is 3. The van der Waals surface area contributed by atoms with Crippen molar-refractivity contribution in [2.24, 2.45) is 5.73 Å². The van der Waals surface area contributed by atoms with Gasteiger partial charge >= 0.3 is 6.18 Å². The maximum Gasteiger partial charge on any atom is 0.417 e. The summed E-state index contributed by atoms with van der Waals surface area (Å²) >= 11 is 5.61. The third-order valence-corrected chi connectivity index (χ3v) is 6.24. The van der Waals surface area contributed by atoms with Crippen molar-refractivity contribution in [3.8, 4) is 6.07 Å². The molecule has 2 aliphatic rings. The van der Waals surface area contributed by atoms with Gasteiger partial charge in [-0.3, -0.25) is 9.69 Å². The van der Waals surface area contributed by atoms with Gasteiger partial charge < -0.3 is 10.6 Å². The lowest BCUT2D eigenvalue weighted by atomic mass is 9.75. The molecule has 9 heteroatoms. The van der Waals surface area contributed by atoms with Crippen LogP contribution >= 0.6 is 12.2 Å². The van der Waals surface area contributed by atoms with Crippen LogP contribution < -0.4 is 15.5 Å². The number of hydrogen-bond acceptors (Lipinski definition) is 4. The summed E-state index contributed by atoms with van der Waals surface area (Å²) in [6.07, 6.45) is 0.887. The highest BCUT2D eigenvalue weighted by molar-refractivity contribution is 7.81. The minimum atomic E-state index is -4.73. The molecule has 0 bridgehead atoms. The molecule has 1 spiro atoms. The third-order valence-electron chi connectivity index (χ3n) is 5.88. The van der Waals surface area contributed by atoms with Crippen molar-refractivity contribution < 1.29 is 18.0 Å². The number of carbonyl (C=O) groups excluding carboxylic acids is 1. The van der Waals surface area contributed by atoms with E-state index in [1.165, 1.54) is 6.07 Å². The summed E-state index contributed by atoms with van der Waals surface area (Å²) in [6, 6.07) is 12.2. The first-order valence-electron chi connectivity index (χ1n) is 10.00. The Kier molecular flexibility index (Phi) is 5.53. The van der Waals surface area contributed by atoms with Gasteiger partial charge in [-0.2, -0.15) is 18.4 Å². The molecular weight excluding hydrogens is 437 g/mol. The lowest BCUT2D eigenvalue weighted by molar-refractivity contribution is -0.137. The van der Waals surface area contributed by atoms with E-state index in [-0.39, 0.29) is 16.7 Å². The number of nitrogens with two attached hydrogens (primary N) is 1. The number of halogens is 3. The molecule has 1 saturated heterocycles. The van der Waals surface area contributed by atoms with Gasteiger partial charge in [-0.05, 0) is 67.4 Å². The molecule has 0 atom stereocenters. The van der Waals surface area contributed by atoms with E-state index >= 15 is 0 Å². The fourth-order valence-corrected chi connectivity index (χ4v) is 4.62. The summed E-state index contributed by atoms with van der Waals surface area (Å²) in [6.45, 7) is 0.412. The minimum absolute atomic E-state index is 0.00241. The largest absolute Gasteiger partial charge is 0.417 e. The SMILES string of the molecule is N#Cc1ccc(N2C(=O)C3(CCC3)N(c3ccc(/C=C/CN)cc3)C2=S)cc1C(F)(F)F. The number of hydrogen-bond donors (Lipinski definition) is 1. The van der Waals surface area contributed by atoms with Crippen molar-refractivity contribution in [3.63, 3.8) is 0 Å². The Morgan fingerprint density at radius 1 is 1.16 bits per heavy atom. The molecule has 2 N–H and O–H groups in total. The molecule has 1 aliphatic carbocycles. The van der Waals surface area contributed by atoms with Gasteiger partial charge in [0.2, 0.25) is 0 Å². The van der Waals surface area contributed by atoms with Crippen LogP contribution in [0.25, 0.3) is 6.08 Å². The van der Waals surface area contributed by atoms with E-state index < -0.39 is 22.8 Å². The van der Waals surface area contributed by atoms with Gasteiger partial charge in [-0.1, -0.05) is 24.3 Å². The van der Waals surface area contributed by atoms with Crippen molar-refractivity contribution in [3.05, 3.63) is 65.2 Å². The van der Waals surface area contributed by atoms with Gasteiger partial charge in [-0.15, -0.1) is 0 Å². The smallest absolute Gasteiger partial charge is 0.327 e. The third kappa shape index (κ3) is 3.45. The maximum absolute atomic E-state index is 13.5. The number of amides is 1. The summed E-state index contributed by atoms with van der Waals surface area (Å²) in [4.78, 5) is 16.4. The molecule has 32 heavy (non-hydrogen) atoms. The van der Waals surface area contributed by atoms with E-state index in [0.717, 1.165) is 29.0 Å². The summed E-state index contributed by atoms with van der Waals surface area (Å²) in [7, 11) is 0. The number of anilines is 2. The first-order valence-corrected chi connectivity index (χ1v) is 10.4. The Morgan fingerprint density at radius 3 is 2.34 bits per heavy atom. The van der Waals surface area contributed by atoms with Crippen molar-refractivity contribution >= 4 is 40.7 Å². The van der Waals surface area contributed by atoms with Crippen LogP contribution in [0.15, 0.2) is 48.5 Å². The highest BCUT2D eigenvalue weighted by Gasteiger charge is 2.59. The molecule has 2 aromatic carbocycles. The quantitative estimate of drug-likeness (QED) is 0.681. The Bertz CT molecular complexity index is 1150. The zero-order valence-corrected chi connectivity index (χ0v) is 17.7. The Hall–Kier alpha value is -3.22. The zero-order valence-electron chi connectivity index (χ0n) is 16.9. The van der Waals surface area contributed by atoms with Crippen LogP contribution in [0.3, 0.4) is 0 Å². The molecule has 1 amide bonds. The maximum atomic E-state index is 13.5. The molecule has 164 valence electrons. The number of benzene rings is 2.